The molecule has 1 aliphatic heterocycles. The van der Waals surface area contributed by atoms with Crippen LogP contribution < -0.4 is 5.76 Å². The summed E-state index contributed by atoms with van der Waals surface area (Å²) >= 11 is 4.33. The second-order valence-corrected chi connectivity index (χ2v) is 10.1. The van der Waals surface area contributed by atoms with Gasteiger partial charge in [0.2, 0.25) is 15.8 Å². The van der Waals surface area contributed by atoms with Crippen LogP contribution in [0.5, 0.6) is 0 Å². The van der Waals surface area contributed by atoms with Gasteiger partial charge in [-0.1, -0.05) is 16.9 Å². The van der Waals surface area contributed by atoms with E-state index < -0.39 is 21.6 Å². The Labute approximate surface area is 169 Å². The second-order valence-electron chi connectivity index (χ2n) is 5.94. The molecule has 0 saturated carbocycles. The van der Waals surface area contributed by atoms with Crippen molar-refractivity contribution >= 4 is 37.7 Å². The van der Waals surface area contributed by atoms with Crippen LogP contribution in [0.3, 0.4) is 0 Å². The molecule has 14 heteroatoms. The standard InChI is InChI=1S/C14H11BrFN5O5S2/c1-28(23,24)20-5-8(6-20)27-13-11(17-26-19-13)12-18-25-14(22)21(12)7-2-3-10(16)9(15)4-7/h2-4,8H,5-6H2,1H3. The van der Waals surface area contributed by atoms with Gasteiger partial charge in [0.25, 0.3) is 0 Å². The van der Waals surface area contributed by atoms with Gasteiger partial charge in [0.05, 0.1) is 16.4 Å². The lowest BCUT2D eigenvalue weighted by molar-refractivity contribution is 0.298. The number of hydrogen-bond acceptors (Lipinski definition) is 9. The highest BCUT2D eigenvalue weighted by Gasteiger charge is 2.36. The number of thioether (sulfide) groups is 1. The number of rotatable bonds is 5. The summed E-state index contributed by atoms with van der Waals surface area (Å²) in [6.07, 6.45) is 1.14. The van der Waals surface area contributed by atoms with Gasteiger partial charge in [0.1, 0.15) is 5.82 Å². The monoisotopic (exact) mass is 491 g/mol. The average Bonchev–Trinajstić information content (AvgIpc) is 3.18. The average molecular weight is 492 g/mol. The van der Waals surface area contributed by atoms with E-state index in [9.17, 15) is 17.6 Å². The van der Waals surface area contributed by atoms with Crippen molar-refractivity contribution < 1.29 is 22.0 Å². The van der Waals surface area contributed by atoms with Gasteiger partial charge in [-0.2, -0.15) is 4.31 Å². The van der Waals surface area contributed by atoms with Gasteiger partial charge >= 0.3 is 5.76 Å². The van der Waals surface area contributed by atoms with Gasteiger partial charge in [-0.15, -0.1) is 0 Å². The summed E-state index contributed by atoms with van der Waals surface area (Å²) in [5.41, 5.74) is 0.467. The summed E-state index contributed by atoms with van der Waals surface area (Å²) < 4.78 is 48.6. The Hall–Kier alpha value is -2.03. The maximum absolute atomic E-state index is 13.5. The van der Waals surface area contributed by atoms with Crippen molar-refractivity contribution in [2.75, 3.05) is 19.3 Å². The van der Waals surface area contributed by atoms with E-state index in [2.05, 4.69) is 31.4 Å². The van der Waals surface area contributed by atoms with Crippen LogP contribution in [-0.4, -0.2) is 57.4 Å². The number of aromatic nitrogens is 4. The van der Waals surface area contributed by atoms with E-state index in [1.54, 1.807) is 0 Å². The Morgan fingerprint density at radius 1 is 1.29 bits per heavy atom. The molecule has 0 spiro atoms. The summed E-state index contributed by atoms with van der Waals surface area (Å²) in [5.74, 6) is -1.25. The van der Waals surface area contributed by atoms with Gasteiger partial charge in [0, 0.05) is 18.3 Å². The molecule has 10 nitrogen and oxygen atoms in total. The Bertz CT molecular complexity index is 1200. The fraction of sp³-hybridized carbons (Fsp3) is 0.286. The van der Waals surface area contributed by atoms with Gasteiger partial charge in [-0.25, -0.2) is 26.8 Å². The zero-order valence-electron chi connectivity index (χ0n) is 14.1. The van der Waals surface area contributed by atoms with Crippen LogP contribution in [-0.2, 0) is 10.0 Å². The van der Waals surface area contributed by atoms with E-state index in [0.717, 1.165) is 10.8 Å². The van der Waals surface area contributed by atoms with E-state index in [0.29, 0.717) is 23.8 Å². The lowest BCUT2D eigenvalue weighted by Gasteiger charge is -2.35. The zero-order valence-corrected chi connectivity index (χ0v) is 17.3. The summed E-state index contributed by atoms with van der Waals surface area (Å²) in [6.45, 7) is 0.651. The molecule has 0 unspecified atom stereocenters. The highest BCUT2D eigenvalue weighted by Crippen LogP contribution is 2.35. The third kappa shape index (κ3) is 3.52. The van der Waals surface area contributed by atoms with E-state index in [1.807, 2.05) is 0 Å². The summed E-state index contributed by atoms with van der Waals surface area (Å²) in [6, 6.07) is 3.97. The van der Waals surface area contributed by atoms with Crippen molar-refractivity contribution in [3.05, 3.63) is 39.0 Å². The lowest BCUT2D eigenvalue weighted by atomic mass is 10.3. The van der Waals surface area contributed by atoms with Crippen molar-refractivity contribution in [2.45, 2.75) is 10.3 Å². The topological polar surface area (TPSA) is 124 Å². The van der Waals surface area contributed by atoms with Crippen LogP contribution in [0.4, 0.5) is 4.39 Å². The first kappa shape index (κ1) is 19.3. The number of hydrogen-bond donors (Lipinski definition) is 0. The maximum atomic E-state index is 13.5. The van der Waals surface area contributed by atoms with Gasteiger partial charge < -0.3 is 0 Å². The van der Waals surface area contributed by atoms with Crippen LogP contribution in [0.2, 0.25) is 0 Å². The summed E-state index contributed by atoms with van der Waals surface area (Å²) in [7, 11) is -3.23. The molecule has 28 heavy (non-hydrogen) atoms. The number of benzene rings is 1. The van der Waals surface area contributed by atoms with Crippen LogP contribution in [0, 0.1) is 5.82 Å². The predicted octanol–water partition coefficient (Wildman–Crippen LogP) is 1.51. The fourth-order valence-electron chi connectivity index (χ4n) is 2.55. The number of sulfonamides is 1. The molecule has 1 aliphatic rings. The first-order chi connectivity index (χ1) is 13.2. The molecule has 0 atom stereocenters. The first-order valence-electron chi connectivity index (χ1n) is 7.73. The first-order valence-corrected chi connectivity index (χ1v) is 11.2. The van der Waals surface area contributed by atoms with E-state index >= 15 is 0 Å². The molecule has 1 saturated heterocycles. The minimum Gasteiger partial charge on any atom is -0.295 e. The molecule has 0 N–H and O–H groups in total. The highest BCUT2D eigenvalue weighted by molar-refractivity contribution is 9.10. The molecule has 0 amide bonds. The van der Waals surface area contributed by atoms with Crippen molar-refractivity contribution in [1.29, 1.82) is 0 Å². The molecule has 1 aromatic carbocycles. The van der Waals surface area contributed by atoms with Crippen LogP contribution in [0.25, 0.3) is 17.2 Å². The molecule has 0 bridgehead atoms. The van der Waals surface area contributed by atoms with Crippen molar-refractivity contribution in [2.24, 2.45) is 0 Å². The molecule has 1 fully saturated rings. The fourth-order valence-corrected chi connectivity index (χ4v) is 5.15. The normalized spacial score (nSPS) is 15.7. The maximum Gasteiger partial charge on any atom is 0.446 e. The Morgan fingerprint density at radius 3 is 2.71 bits per heavy atom. The quantitative estimate of drug-likeness (QED) is 0.521. The Balaban J connectivity index is 1.65. The van der Waals surface area contributed by atoms with E-state index in [-0.39, 0.29) is 21.2 Å². The number of nitrogens with zero attached hydrogens (tertiary/aromatic N) is 5. The lowest BCUT2D eigenvalue weighted by Crippen LogP contribution is -2.51. The molecule has 4 rings (SSSR count). The van der Waals surface area contributed by atoms with Gasteiger partial charge in [-0.05, 0) is 44.4 Å². The molecule has 2 aromatic heterocycles. The molecule has 3 aromatic rings. The van der Waals surface area contributed by atoms with Crippen molar-refractivity contribution in [1.82, 2.24) is 24.3 Å². The SMILES string of the molecule is CS(=O)(=O)N1CC(Sc2nonc2-c2noc(=O)n2-c2ccc(F)c(Br)c2)C1. The molecule has 0 radical (unpaired) electrons. The second kappa shape index (κ2) is 7.09. The number of halogens is 2. The van der Waals surface area contributed by atoms with E-state index in [1.165, 1.54) is 34.3 Å². The minimum atomic E-state index is -3.23. The predicted molar refractivity (Wildman–Crippen MR) is 99.1 cm³/mol. The van der Waals surface area contributed by atoms with Gasteiger partial charge in [-0.3, -0.25) is 4.52 Å². The van der Waals surface area contributed by atoms with E-state index in [4.69, 9.17) is 9.15 Å². The molecule has 0 aliphatic carbocycles. The summed E-state index contributed by atoms with van der Waals surface area (Å²) in [4.78, 5) is 12.2. The zero-order chi connectivity index (χ0) is 20.1. The highest BCUT2D eigenvalue weighted by atomic mass is 79.9. The molecular weight excluding hydrogens is 481 g/mol. The molecular formula is C14H11BrFN5O5S2. The van der Waals surface area contributed by atoms with Crippen molar-refractivity contribution in [3.8, 4) is 17.2 Å². The van der Waals surface area contributed by atoms with Crippen LogP contribution in [0.15, 0.2) is 41.6 Å². The third-order valence-corrected chi connectivity index (χ3v) is 6.96. The minimum absolute atomic E-state index is 0.0338. The summed E-state index contributed by atoms with van der Waals surface area (Å²) in [5, 5.41) is 11.6. The Kier molecular flexibility index (Phi) is 4.89. The third-order valence-electron chi connectivity index (χ3n) is 4.00. The van der Waals surface area contributed by atoms with Crippen molar-refractivity contribution in [3.63, 3.8) is 0 Å². The van der Waals surface area contributed by atoms with Gasteiger partial charge in [0.15, 0.2) is 10.7 Å². The molecule has 3 heterocycles. The van der Waals surface area contributed by atoms with Crippen LogP contribution >= 0.6 is 27.7 Å². The smallest absolute Gasteiger partial charge is 0.295 e. The van der Waals surface area contributed by atoms with Crippen LogP contribution in [0.1, 0.15) is 0 Å². The largest absolute Gasteiger partial charge is 0.446 e. The molecule has 148 valence electrons. The Morgan fingerprint density at radius 2 is 2.04 bits per heavy atom.